The van der Waals surface area contributed by atoms with E-state index in [0.717, 1.165) is 16.5 Å². The quantitative estimate of drug-likeness (QED) is 0.818. The summed E-state index contributed by atoms with van der Waals surface area (Å²) in [4.78, 5) is 23.7. The Morgan fingerprint density at radius 3 is 2.58 bits per heavy atom. The van der Waals surface area contributed by atoms with Crippen LogP contribution in [-0.4, -0.2) is 25.2 Å². The molecule has 2 rings (SSSR count). The molecule has 1 unspecified atom stereocenters. The van der Waals surface area contributed by atoms with Gasteiger partial charge in [0.2, 0.25) is 0 Å². The SMILES string of the molecule is COC(=O)NC(CC(C)C)C(=O)OCc1oc2ccccc2c1C. The Hall–Kier alpha value is -2.50. The first kappa shape index (κ1) is 17.8. The van der Waals surface area contributed by atoms with Crippen molar-refractivity contribution in [3.63, 3.8) is 0 Å². The van der Waals surface area contributed by atoms with Crippen molar-refractivity contribution in [2.24, 2.45) is 5.92 Å². The highest BCUT2D eigenvalue weighted by Gasteiger charge is 2.24. The number of aryl methyl sites for hydroxylation is 1. The van der Waals surface area contributed by atoms with Crippen LogP contribution < -0.4 is 5.32 Å². The van der Waals surface area contributed by atoms with Crippen molar-refractivity contribution in [2.75, 3.05) is 7.11 Å². The minimum Gasteiger partial charge on any atom is -0.457 e. The second kappa shape index (κ2) is 7.86. The van der Waals surface area contributed by atoms with Crippen LogP contribution in [0.2, 0.25) is 0 Å². The number of para-hydroxylation sites is 1. The fourth-order valence-electron chi connectivity index (χ4n) is 2.49. The van der Waals surface area contributed by atoms with E-state index in [2.05, 4.69) is 10.1 Å². The van der Waals surface area contributed by atoms with E-state index in [-0.39, 0.29) is 12.5 Å². The van der Waals surface area contributed by atoms with E-state index in [0.29, 0.717) is 12.2 Å². The summed E-state index contributed by atoms with van der Waals surface area (Å²) in [5.74, 6) is 0.313. The van der Waals surface area contributed by atoms with E-state index in [1.165, 1.54) is 7.11 Å². The number of benzene rings is 1. The Morgan fingerprint density at radius 1 is 1.25 bits per heavy atom. The molecular formula is C18H23NO5. The molecule has 6 nitrogen and oxygen atoms in total. The Labute approximate surface area is 141 Å². The highest BCUT2D eigenvalue weighted by atomic mass is 16.6. The van der Waals surface area contributed by atoms with Crippen LogP contribution in [0.3, 0.4) is 0 Å². The zero-order chi connectivity index (χ0) is 17.7. The summed E-state index contributed by atoms with van der Waals surface area (Å²) < 4.78 is 15.6. The molecule has 1 heterocycles. The third kappa shape index (κ3) is 4.28. The first-order valence-corrected chi connectivity index (χ1v) is 7.90. The van der Waals surface area contributed by atoms with Crippen molar-refractivity contribution in [2.45, 2.75) is 39.8 Å². The van der Waals surface area contributed by atoms with Gasteiger partial charge in [-0.05, 0) is 25.3 Å². The molecule has 0 radical (unpaired) electrons. The number of carbonyl (C=O) groups is 2. The van der Waals surface area contributed by atoms with Crippen molar-refractivity contribution >= 4 is 23.0 Å². The lowest BCUT2D eigenvalue weighted by Gasteiger charge is -2.18. The normalized spacial score (nSPS) is 12.2. The second-order valence-electron chi connectivity index (χ2n) is 6.07. The highest BCUT2D eigenvalue weighted by molar-refractivity contribution is 5.83. The Balaban J connectivity index is 2.05. The number of amides is 1. The molecule has 0 spiro atoms. The number of fused-ring (bicyclic) bond motifs is 1. The number of methoxy groups -OCH3 is 1. The van der Waals surface area contributed by atoms with Crippen LogP contribution in [0.4, 0.5) is 4.79 Å². The lowest BCUT2D eigenvalue weighted by Crippen LogP contribution is -2.42. The number of carbonyl (C=O) groups excluding carboxylic acids is 2. The van der Waals surface area contributed by atoms with E-state index in [9.17, 15) is 9.59 Å². The molecule has 0 fully saturated rings. The van der Waals surface area contributed by atoms with Gasteiger partial charge in [-0.1, -0.05) is 32.0 Å². The van der Waals surface area contributed by atoms with Crippen molar-refractivity contribution in [3.05, 3.63) is 35.6 Å². The first-order valence-electron chi connectivity index (χ1n) is 7.90. The van der Waals surface area contributed by atoms with Gasteiger partial charge in [-0.3, -0.25) is 0 Å². The van der Waals surface area contributed by atoms with Crippen LogP contribution in [-0.2, 0) is 20.9 Å². The molecule has 24 heavy (non-hydrogen) atoms. The summed E-state index contributed by atoms with van der Waals surface area (Å²) in [5.41, 5.74) is 1.70. The summed E-state index contributed by atoms with van der Waals surface area (Å²) in [6.07, 6.45) is -0.190. The number of nitrogens with one attached hydrogen (secondary N) is 1. The maximum absolute atomic E-state index is 12.3. The molecule has 0 aliphatic carbocycles. The Morgan fingerprint density at radius 2 is 1.96 bits per heavy atom. The molecule has 0 bridgehead atoms. The molecule has 1 aromatic heterocycles. The zero-order valence-electron chi connectivity index (χ0n) is 14.4. The molecule has 2 aromatic rings. The third-order valence-corrected chi connectivity index (χ3v) is 3.76. The van der Waals surface area contributed by atoms with Gasteiger partial charge in [-0.25, -0.2) is 9.59 Å². The van der Waals surface area contributed by atoms with Crippen LogP contribution in [0.5, 0.6) is 0 Å². The number of ether oxygens (including phenoxy) is 2. The van der Waals surface area contributed by atoms with Crippen LogP contribution in [0.15, 0.2) is 28.7 Å². The van der Waals surface area contributed by atoms with E-state index >= 15 is 0 Å². The third-order valence-electron chi connectivity index (χ3n) is 3.76. The molecule has 0 saturated heterocycles. The monoisotopic (exact) mass is 333 g/mol. The molecule has 130 valence electrons. The highest BCUT2D eigenvalue weighted by Crippen LogP contribution is 2.25. The molecule has 1 amide bonds. The number of furan rings is 1. The van der Waals surface area contributed by atoms with E-state index in [4.69, 9.17) is 9.15 Å². The standard InChI is InChI=1S/C18H23NO5/c1-11(2)9-14(19-18(21)22-4)17(20)23-10-16-12(3)13-7-5-6-8-15(13)24-16/h5-8,11,14H,9-10H2,1-4H3,(H,19,21). The first-order chi connectivity index (χ1) is 11.4. The molecule has 6 heteroatoms. The van der Waals surface area contributed by atoms with Crippen LogP contribution in [0, 0.1) is 12.8 Å². The van der Waals surface area contributed by atoms with Crippen LogP contribution >= 0.6 is 0 Å². The van der Waals surface area contributed by atoms with Gasteiger partial charge in [-0.15, -0.1) is 0 Å². The van der Waals surface area contributed by atoms with Gasteiger partial charge in [0.15, 0.2) is 0 Å². The minimum atomic E-state index is -0.748. The van der Waals surface area contributed by atoms with E-state index in [1.54, 1.807) is 0 Å². The number of hydrogen-bond donors (Lipinski definition) is 1. The van der Waals surface area contributed by atoms with E-state index < -0.39 is 18.1 Å². The topological polar surface area (TPSA) is 77.8 Å². The summed E-state index contributed by atoms with van der Waals surface area (Å²) >= 11 is 0. The van der Waals surface area contributed by atoms with Gasteiger partial charge in [0, 0.05) is 10.9 Å². The van der Waals surface area contributed by atoms with Crippen molar-refractivity contribution in [1.82, 2.24) is 5.32 Å². The van der Waals surface area contributed by atoms with Crippen LogP contribution in [0.1, 0.15) is 31.6 Å². The van der Waals surface area contributed by atoms with Gasteiger partial charge in [-0.2, -0.15) is 0 Å². The zero-order valence-corrected chi connectivity index (χ0v) is 14.4. The van der Waals surface area contributed by atoms with Gasteiger partial charge >= 0.3 is 12.1 Å². The molecule has 1 atom stereocenters. The summed E-state index contributed by atoms with van der Waals surface area (Å²) in [7, 11) is 1.25. The number of hydrogen-bond acceptors (Lipinski definition) is 5. The van der Waals surface area contributed by atoms with Gasteiger partial charge < -0.3 is 19.2 Å². The number of alkyl carbamates (subject to hydrolysis) is 1. The lowest BCUT2D eigenvalue weighted by atomic mass is 10.0. The summed E-state index contributed by atoms with van der Waals surface area (Å²) in [5, 5.41) is 3.50. The predicted octanol–water partition coefficient (Wildman–Crippen LogP) is 3.56. The molecule has 0 saturated carbocycles. The average molecular weight is 333 g/mol. The molecule has 0 aliphatic rings. The average Bonchev–Trinajstić information content (AvgIpc) is 2.88. The largest absolute Gasteiger partial charge is 0.457 e. The fraction of sp³-hybridized carbons (Fsp3) is 0.444. The predicted molar refractivity (Wildman–Crippen MR) is 89.5 cm³/mol. The summed E-state index contributed by atoms with van der Waals surface area (Å²) in [6, 6.07) is 6.90. The van der Waals surface area contributed by atoms with Crippen molar-refractivity contribution in [1.29, 1.82) is 0 Å². The van der Waals surface area contributed by atoms with Gasteiger partial charge in [0.1, 0.15) is 24.0 Å². The maximum atomic E-state index is 12.3. The van der Waals surface area contributed by atoms with Crippen LogP contribution in [0.25, 0.3) is 11.0 Å². The molecular weight excluding hydrogens is 310 g/mol. The Bertz CT molecular complexity index is 719. The van der Waals surface area contributed by atoms with Crippen molar-refractivity contribution in [3.8, 4) is 0 Å². The molecule has 0 aliphatic heterocycles. The maximum Gasteiger partial charge on any atom is 0.407 e. The van der Waals surface area contributed by atoms with Gasteiger partial charge in [0.05, 0.1) is 7.11 Å². The Kier molecular flexibility index (Phi) is 5.84. The summed E-state index contributed by atoms with van der Waals surface area (Å²) in [6.45, 7) is 5.87. The molecule has 1 N–H and O–H groups in total. The lowest BCUT2D eigenvalue weighted by molar-refractivity contribution is -0.148. The fourth-order valence-corrected chi connectivity index (χ4v) is 2.49. The second-order valence-corrected chi connectivity index (χ2v) is 6.07. The molecule has 1 aromatic carbocycles. The minimum absolute atomic E-state index is 0.0246. The smallest absolute Gasteiger partial charge is 0.407 e. The number of rotatable bonds is 6. The van der Waals surface area contributed by atoms with E-state index in [1.807, 2.05) is 45.0 Å². The van der Waals surface area contributed by atoms with Crippen molar-refractivity contribution < 1.29 is 23.5 Å². The number of esters is 1. The van der Waals surface area contributed by atoms with Gasteiger partial charge in [0.25, 0.3) is 0 Å².